The third-order valence-corrected chi connectivity index (χ3v) is 5.29. The Bertz CT molecular complexity index is 931. The smallest absolute Gasteiger partial charge is 0.142 e. The first-order chi connectivity index (χ1) is 12.7. The maximum atomic E-state index is 10.6. The van der Waals surface area contributed by atoms with Gasteiger partial charge in [0.1, 0.15) is 11.5 Å². The Morgan fingerprint density at radius 1 is 0.846 bits per heavy atom. The lowest BCUT2D eigenvalue weighted by atomic mass is 10.0. The summed E-state index contributed by atoms with van der Waals surface area (Å²) in [4.78, 5) is 4.74. The predicted octanol–water partition coefficient (Wildman–Crippen LogP) is 4.19. The van der Waals surface area contributed by atoms with Crippen molar-refractivity contribution < 1.29 is 9.84 Å². The van der Waals surface area contributed by atoms with Gasteiger partial charge < -0.3 is 19.6 Å². The predicted molar refractivity (Wildman–Crippen MR) is 108 cm³/mol. The monoisotopic (exact) mass is 348 g/mol. The highest BCUT2D eigenvalue weighted by Crippen LogP contribution is 2.37. The minimum atomic E-state index is 0.394. The second kappa shape index (κ2) is 6.79. The first-order valence-electron chi connectivity index (χ1n) is 9.03. The van der Waals surface area contributed by atoms with Crippen LogP contribution in [0.4, 0.5) is 11.4 Å². The highest BCUT2D eigenvalue weighted by atomic mass is 16.5. The van der Waals surface area contributed by atoms with E-state index in [9.17, 15) is 5.11 Å². The minimum Gasteiger partial charge on any atom is -0.507 e. The molecule has 0 radical (unpaired) electrons. The van der Waals surface area contributed by atoms with Crippen molar-refractivity contribution in [2.45, 2.75) is 6.92 Å². The number of hydrogen-bond acceptors (Lipinski definition) is 4. The Balaban J connectivity index is 1.59. The van der Waals surface area contributed by atoms with Crippen LogP contribution in [-0.4, -0.2) is 38.4 Å². The molecule has 1 N–H and O–H groups in total. The largest absolute Gasteiger partial charge is 0.507 e. The molecule has 1 fully saturated rings. The summed E-state index contributed by atoms with van der Waals surface area (Å²) < 4.78 is 5.50. The van der Waals surface area contributed by atoms with E-state index < -0.39 is 0 Å². The van der Waals surface area contributed by atoms with E-state index in [0.717, 1.165) is 59.6 Å². The zero-order valence-electron chi connectivity index (χ0n) is 15.3. The fourth-order valence-electron chi connectivity index (χ4n) is 3.83. The molecule has 3 aromatic rings. The number of ether oxygens (including phenoxy) is 1. The van der Waals surface area contributed by atoms with Gasteiger partial charge in [-0.05, 0) is 30.5 Å². The molecule has 0 unspecified atom stereocenters. The second-order valence-corrected chi connectivity index (χ2v) is 6.74. The topological polar surface area (TPSA) is 35.9 Å². The Kier molecular flexibility index (Phi) is 4.33. The van der Waals surface area contributed by atoms with Crippen LogP contribution in [0.15, 0.2) is 54.6 Å². The number of nitrogens with zero attached hydrogens (tertiary/aromatic N) is 2. The molecule has 0 saturated carbocycles. The number of aromatic hydroxyl groups is 1. The van der Waals surface area contributed by atoms with Crippen LogP contribution in [0, 0.1) is 6.92 Å². The maximum absolute atomic E-state index is 10.6. The van der Waals surface area contributed by atoms with Crippen molar-refractivity contribution in [3.63, 3.8) is 0 Å². The quantitative estimate of drug-likeness (QED) is 0.770. The first kappa shape index (κ1) is 16.6. The van der Waals surface area contributed by atoms with Crippen molar-refractivity contribution in [1.29, 1.82) is 0 Å². The number of phenols is 1. The lowest BCUT2D eigenvalue weighted by molar-refractivity contribution is 0.413. The van der Waals surface area contributed by atoms with Gasteiger partial charge in [-0.3, -0.25) is 0 Å². The number of methoxy groups -OCH3 is 1. The normalized spacial score (nSPS) is 14.7. The van der Waals surface area contributed by atoms with Crippen LogP contribution in [0.3, 0.4) is 0 Å². The lowest BCUT2D eigenvalue weighted by Crippen LogP contribution is -2.46. The highest BCUT2D eigenvalue weighted by Gasteiger charge is 2.22. The maximum Gasteiger partial charge on any atom is 0.142 e. The molecule has 0 spiro atoms. The molecule has 1 aliphatic rings. The van der Waals surface area contributed by atoms with E-state index in [1.54, 1.807) is 7.11 Å². The van der Waals surface area contributed by atoms with Gasteiger partial charge in [0.15, 0.2) is 0 Å². The average molecular weight is 348 g/mol. The minimum absolute atomic E-state index is 0.394. The molecule has 4 heteroatoms. The molecular weight excluding hydrogens is 324 g/mol. The molecule has 3 aromatic carbocycles. The van der Waals surface area contributed by atoms with Gasteiger partial charge in [0.2, 0.25) is 0 Å². The van der Waals surface area contributed by atoms with Crippen LogP contribution < -0.4 is 14.5 Å². The van der Waals surface area contributed by atoms with Gasteiger partial charge in [0.25, 0.3) is 0 Å². The summed E-state index contributed by atoms with van der Waals surface area (Å²) in [6.45, 7) is 5.68. The van der Waals surface area contributed by atoms with E-state index in [0.29, 0.717) is 5.75 Å². The van der Waals surface area contributed by atoms with E-state index in [2.05, 4.69) is 34.1 Å². The molecule has 4 rings (SSSR count). The van der Waals surface area contributed by atoms with E-state index in [4.69, 9.17) is 4.74 Å². The van der Waals surface area contributed by atoms with Gasteiger partial charge in [-0.2, -0.15) is 0 Å². The molecule has 0 atom stereocenters. The van der Waals surface area contributed by atoms with Gasteiger partial charge in [-0.25, -0.2) is 0 Å². The average Bonchev–Trinajstić information content (AvgIpc) is 2.71. The zero-order chi connectivity index (χ0) is 18.1. The van der Waals surface area contributed by atoms with Crippen LogP contribution in [-0.2, 0) is 0 Å². The van der Waals surface area contributed by atoms with Gasteiger partial charge in [0.05, 0.1) is 12.8 Å². The molecule has 0 amide bonds. The summed E-state index contributed by atoms with van der Waals surface area (Å²) in [6.07, 6.45) is 0. The van der Waals surface area contributed by atoms with Crippen LogP contribution in [0.1, 0.15) is 5.56 Å². The van der Waals surface area contributed by atoms with Crippen LogP contribution in [0.5, 0.6) is 11.5 Å². The van der Waals surface area contributed by atoms with Crippen LogP contribution in [0.25, 0.3) is 10.8 Å². The number of benzene rings is 3. The van der Waals surface area contributed by atoms with E-state index in [1.807, 2.05) is 37.3 Å². The van der Waals surface area contributed by atoms with Crippen molar-refractivity contribution in [1.82, 2.24) is 0 Å². The summed E-state index contributed by atoms with van der Waals surface area (Å²) in [5, 5.41) is 12.6. The van der Waals surface area contributed by atoms with Crippen molar-refractivity contribution in [3.8, 4) is 11.5 Å². The standard InChI is InChI=1S/C22H24N2O2/c1-16-20(15-17-7-3-4-8-18(17)22(16)25)24-13-11-23(12-14-24)19-9-5-6-10-21(19)26-2/h3-10,15,25H,11-14H2,1-2H3. The first-order valence-corrected chi connectivity index (χ1v) is 9.03. The molecule has 26 heavy (non-hydrogen) atoms. The number of anilines is 2. The lowest BCUT2D eigenvalue weighted by Gasteiger charge is -2.38. The number of para-hydroxylation sites is 2. The SMILES string of the molecule is COc1ccccc1N1CCN(c2cc3ccccc3c(O)c2C)CC1. The molecule has 0 aromatic heterocycles. The van der Waals surface area contributed by atoms with E-state index in [1.165, 1.54) is 0 Å². The molecule has 0 bridgehead atoms. The molecule has 4 nitrogen and oxygen atoms in total. The fraction of sp³-hybridized carbons (Fsp3) is 0.273. The molecule has 0 aliphatic carbocycles. The van der Waals surface area contributed by atoms with Crippen molar-refractivity contribution in [2.24, 2.45) is 0 Å². The second-order valence-electron chi connectivity index (χ2n) is 6.74. The zero-order valence-corrected chi connectivity index (χ0v) is 15.3. The van der Waals surface area contributed by atoms with Crippen molar-refractivity contribution in [2.75, 3.05) is 43.1 Å². The Morgan fingerprint density at radius 2 is 1.46 bits per heavy atom. The van der Waals surface area contributed by atoms with Gasteiger partial charge in [-0.15, -0.1) is 0 Å². The highest BCUT2D eigenvalue weighted by molar-refractivity contribution is 5.93. The summed E-state index contributed by atoms with van der Waals surface area (Å²) >= 11 is 0. The number of rotatable bonds is 3. The third kappa shape index (κ3) is 2.81. The van der Waals surface area contributed by atoms with Gasteiger partial charge >= 0.3 is 0 Å². The van der Waals surface area contributed by atoms with Gasteiger partial charge in [-0.1, -0.05) is 36.4 Å². The summed E-state index contributed by atoms with van der Waals surface area (Å²) in [7, 11) is 1.72. The van der Waals surface area contributed by atoms with Gasteiger partial charge in [0, 0.05) is 42.8 Å². The van der Waals surface area contributed by atoms with Crippen molar-refractivity contribution in [3.05, 3.63) is 60.2 Å². The Morgan fingerprint density at radius 3 is 2.19 bits per heavy atom. The fourth-order valence-corrected chi connectivity index (χ4v) is 3.83. The number of hydrogen-bond donors (Lipinski definition) is 1. The van der Waals surface area contributed by atoms with E-state index >= 15 is 0 Å². The molecular formula is C22H24N2O2. The van der Waals surface area contributed by atoms with Crippen LogP contribution >= 0.6 is 0 Å². The van der Waals surface area contributed by atoms with Crippen LogP contribution in [0.2, 0.25) is 0 Å². The Labute approximate surface area is 154 Å². The summed E-state index contributed by atoms with van der Waals surface area (Å²) in [5.74, 6) is 1.31. The summed E-state index contributed by atoms with van der Waals surface area (Å²) in [5.41, 5.74) is 3.23. The number of phenolic OH excluding ortho intramolecular Hbond substituents is 1. The Hall–Kier alpha value is -2.88. The molecule has 1 heterocycles. The molecule has 1 saturated heterocycles. The molecule has 134 valence electrons. The van der Waals surface area contributed by atoms with Crippen molar-refractivity contribution >= 4 is 22.1 Å². The summed E-state index contributed by atoms with van der Waals surface area (Å²) in [6, 6.07) is 18.4. The van der Waals surface area contributed by atoms with E-state index in [-0.39, 0.29) is 0 Å². The third-order valence-electron chi connectivity index (χ3n) is 5.29. The number of fused-ring (bicyclic) bond motifs is 1. The molecule has 1 aliphatic heterocycles. The number of piperazine rings is 1.